The molecule has 146 valence electrons. The fourth-order valence-electron chi connectivity index (χ4n) is 3.39. The van der Waals surface area contributed by atoms with Crippen LogP contribution in [-0.4, -0.2) is 27.5 Å². The lowest BCUT2D eigenvalue weighted by atomic mass is 10.1. The fraction of sp³-hybridized carbons (Fsp3) is 0.526. The minimum Gasteiger partial charge on any atom is -0.462 e. The van der Waals surface area contributed by atoms with Crippen molar-refractivity contribution in [3.8, 4) is 0 Å². The minimum atomic E-state index is -0.266. The molecule has 1 aliphatic rings. The number of anilines is 2. The maximum absolute atomic E-state index is 12.6. The van der Waals surface area contributed by atoms with E-state index in [2.05, 4.69) is 15.7 Å². The SMILES string of the molecule is CCOC(=O)c1c(NC(=S)Nc2cnn(CC)c2C)sc2c1CCCCC2. The van der Waals surface area contributed by atoms with Gasteiger partial charge < -0.3 is 15.4 Å². The average molecular weight is 407 g/mol. The van der Waals surface area contributed by atoms with Crippen LogP contribution in [0.4, 0.5) is 10.7 Å². The first-order valence-corrected chi connectivity index (χ1v) is 10.7. The van der Waals surface area contributed by atoms with Crippen molar-refractivity contribution in [2.24, 2.45) is 0 Å². The van der Waals surface area contributed by atoms with E-state index in [9.17, 15) is 4.79 Å². The number of rotatable bonds is 5. The number of hydrogen-bond acceptors (Lipinski definition) is 5. The highest BCUT2D eigenvalue weighted by molar-refractivity contribution is 7.80. The molecule has 0 saturated heterocycles. The van der Waals surface area contributed by atoms with Gasteiger partial charge in [0.2, 0.25) is 0 Å². The molecule has 0 saturated carbocycles. The highest BCUT2D eigenvalue weighted by Gasteiger charge is 2.26. The predicted molar refractivity (Wildman–Crippen MR) is 114 cm³/mol. The third-order valence-electron chi connectivity index (χ3n) is 4.78. The van der Waals surface area contributed by atoms with Crippen molar-refractivity contribution in [1.29, 1.82) is 0 Å². The Labute approximate surface area is 169 Å². The number of carbonyl (C=O) groups is 1. The van der Waals surface area contributed by atoms with E-state index in [1.165, 1.54) is 11.3 Å². The number of nitrogens with one attached hydrogen (secondary N) is 2. The van der Waals surface area contributed by atoms with Crippen LogP contribution in [0.3, 0.4) is 0 Å². The Bertz CT molecular complexity index is 841. The number of aromatic nitrogens is 2. The van der Waals surface area contributed by atoms with E-state index in [0.717, 1.165) is 54.2 Å². The van der Waals surface area contributed by atoms with Gasteiger partial charge in [0, 0.05) is 11.4 Å². The maximum Gasteiger partial charge on any atom is 0.341 e. The number of nitrogens with zero attached hydrogens (tertiary/aromatic N) is 2. The van der Waals surface area contributed by atoms with Crippen LogP contribution in [-0.2, 0) is 24.1 Å². The van der Waals surface area contributed by atoms with Crippen molar-refractivity contribution in [3.05, 3.63) is 27.9 Å². The molecule has 0 aromatic carbocycles. The van der Waals surface area contributed by atoms with Crippen LogP contribution >= 0.6 is 23.6 Å². The van der Waals surface area contributed by atoms with Crippen molar-refractivity contribution < 1.29 is 9.53 Å². The highest BCUT2D eigenvalue weighted by Crippen LogP contribution is 2.38. The topological polar surface area (TPSA) is 68.2 Å². The summed E-state index contributed by atoms with van der Waals surface area (Å²) in [6.07, 6.45) is 7.16. The molecule has 0 radical (unpaired) electrons. The lowest BCUT2D eigenvalue weighted by molar-refractivity contribution is 0.0527. The van der Waals surface area contributed by atoms with Gasteiger partial charge in [-0.1, -0.05) is 6.42 Å². The quantitative estimate of drug-likeness (QED) is 0.432. The van der Waals surface area contributed by atoms with E-state index in [0.29, 0.717) is 17.3 Å². The summed E-state index contributed by atoms with van der Waals surface area (Å²) in [4.78, 5) is 13.9. The van der Waals surface area contributed by atoms with Crippen LogP contribution in [0.1, 0.15) is 59.6 Å². The molecule has 0 fully saturated rings. The molecule has 2 aromatic rings. The van der Waals surface area contributed by atoms with Crippen LogP contribution in [0, 0.1) is 6.92 Å². The number of aryl methyl sites for hydroxylation is 2. The molecule has 2 N–H and O–H groups in total. The van der Waals surface area contributed by atoms with E-state index in [1.54, 1.807) is 17.5 Å². The maximum atomic E-state index is 12.6. The molecule has 8 heteroatoms. The first-order chi connectivity index (χ1) is 13.0. The zero-order valence-corrected chi connectivity index (χ0v) is 17.7. The Kier molecular flexibility index (Phi) is 6.49. The van der Waals surface area contributed by atoms with Gasteiger partial charge >= 0.3 is 5.97 Å². The third-order valence-corrected chi connectivity index (χ3v) is 6.19. The molecule has 6 nitrogen and oxygen atoms in total. The Morgan fingerprint density at radius 3 is 2.78 bits per heavy atom. The zero-order valence-electron chi connectivity index (χ0n) is 16.1. The van der Waals surface area contributed by atoms with E-state index < -0.39 is 0 Å². The van der Waals surface area contributed by atoms with Crippen molar-refractivity contribution in [2.45, 2.75) is 59.4 Å². The molecule has 0 bridgehead atoms. The molecule has 2 aromatic heterocycles. The lowest BCUT2D eigenvalue weighted by Gasteiger charge is -2.11. The van der Waals surface area contributed by atoms with Gasteiger partial charge in [0.25, 0.3) is 0 Å². The van der Waals surface area contributed by atoms with Gasteiger partial charge in [-0.25, -0.2) is 4.79 Å². The first-order valence-electron chi connectivity index (χ1n) is 9.47. The molecule has 0 spiro atoms. The lowest BCUT2D eigenvalue weighted by Crippen LogP contribution is -2.21. The van der Waals surface area contributed by atoms with Gasteiger partial charge in [-0.15, -0.1) is 11.3 Å². The molecule has 0 amide bonds. The highest BCUT2D eigenvalue weighted by atomic mass is 32.1. The van der Waals surface area contributed by atoms with Crippen LogP contribution in [0.2, 0.25) is 0 Å². The molecule has 27 heavy (non-hydrogen) atoms. The van der Waals surface area contributed by atoms with E-state index in [1.807, 2.05) is 25.5 Å². The zero-order chi connectivity index (χ0) is 19.4. The van der Waals surface area contributed by atoms with E-state index in [4.69, 9.17) is 17.0 Å². The summed E-state index contributed by atoms with van der Waals surface area (Å²) in [6.45, 7) is 7.04. The van der Waals surface area contributed by atoms with Gasteiger partial charge in [0.05, 0.1) is 29.7 Å². The molecular formula is C19H26N4O2S2. The third kappa shape index (κ3) is 4.32. The smallest absolute Gasteiger partial charge is 0.341 e. The number of esters is 1. The van der Waals surface area contributed by atoms with Gasteiger partial charge in [-0.2, -0.15) is 5.10 Å². The van der Waals surface area contributed by atoms with Gasteiger partial charge in [-0.05, 0) is 64.2 Å². The van der Waals surface area contributed by atoms with Gasteiger partial charge in [0.15, 0.2) is 5.11 Å². The molecule has 3 rings (SSSR count). The van der Waals surface area contributed by atoms with Crippen molar-refractivity contribution >= 4 is 45.3 Å². The molecule has 0 atom stereocenters. The normalized spacial score (nSPS) is 13.6. The number of hydrogen-bond donors (Lipinski definition) is 2. The summed E-state index contributed by atoms with van der Waals surface area (Å²) in [5.41, 5.74) is 3.68. The second-order valence-corrected chi connectivity index (χ2v) is 8.04. The molecule has 0 aliphatic heterocycles. The van der Waals surface area contributed by atoms with Gasteiger partial charge in [-0.3, -0.25) is 4.68 Å². The van der Waals surface area contributed by atoms with Crippen LogP contribution in [0.15, 0.2) is 6.20 Å². The average Bonchev–Trinajstić information content (AvgIpc) is 3.06. The summed E-state index contributed by atoms with van der Waals surface area (Å²) >= 11 is 7.12. The molecule has 2 heterocycles. The Hall–Kier alpha value is -1.93. The summed E-state index contributed by atoms with van der Waals surface area (Å²) in [7, 11) is 0. The fourth-order valence-corrected chi connectivity index (χ4v) is 4.95. The second-order valence-electron chi connectivity index (χ2n) is 6.53. The largest absolute Gasteiger partial charge is 0.462 e. The molecular weight excluding hydrogens is 380 g/mol. The number of carbonyl (C=O) groups excluding carboxylic acids is 1. The summed E-state index contributed by atoms with van der Waals surface area (Å²) in [5.74, 6) is -0.266. The van der Waals surface area contributed by atoms with Crippen molar-refractivity contribution in [3.63, 3.8) is 0 Å². The monoisotopic (exact) mass is 406 g/mol. The Balaban J connectivity index is 1.83. The second kappa shape index (κ2) is 8.84. The van der Waals surface area contributed by atoms with E-state index >= 15 is 0 Å². The standard InChI is InChI=1S/C19H26N4O2S2/c1-4-23-12(3)14(11-20-23)21-19(26)22-17-16(18(24)25-5-2)13-9-7-6-8-10-15(13)27-17/h11H,4-10H2,1-3H3,(H2,21,22,26). The van der Waals surface area contributed by atoms with Crippen molar-refractivity contribution in [1.82, 2.24) is 9.78 Å². The number of ether oxygens (including phenoxy) is 1. The number of fused-ring (bicyclic) bond motifs is 1. The summed E-state index contributed by atoms with van der Waals surface area (Å²) in [6, 6.07) is 0. The van der Waals surface area contributed by atoms with Crippen LogP contribution in [0.5, 0.6) is 0 Å². The van der Waals surface area contributed by atoms with E-state index in [-0.39, 0.29) is 5.97 Å². The van der Waals surface area contributed by atoms with Gasteiger partial charge in [0.1, 0.15) is 5.00 Å². The first kappa shape index (κ1) is 19.8. The Morgan fingerprint density at radius 1 is 1.30 bits per heavy atom. The number of thiophene rings is 1. The van der Waals surface area contributed by atoms with Crippen molar-refractivity contribution in [2.75, 3.05) is 17.2 Å². The molecule has 0 unspecified atom stereocenters. The number of thiocarbonyl (C=S) groups is 1. The molecule has 1 aliphatic carbocycles. The van der Waals surface area contributed by atoms with Crippen LogP contribution in [0.25, 0.3) is 0 Å². The van der Waals surface area contributed by atoms with Crippen LogP contribution < -0.4 is 10.6 Å². The predicted octanol–water partition coefficient (Wildman–Crippen LogP) is 4.53. The minimum absolute atomic E-state index is 0.266. The Morgan fingerprint density at radius 2 is 2.07 bits per heavy atom. The summed E-state index contributed by atoms with van der Waals surface area (Å²) in [5, 5.41) is 12.0. The summed E-state index contributed by atoms with van der Waals surface area (Å²) < 4.78 is 7.23.